The average Bonchev–Trinajstić information content (AvgIpc) is 2.77. The zero-order valence-corrected chi connectivity index (χ0v) is 15.2. The number of halogens is 2. The molecule has 2 aromatic rings. The maximum atomic E-state index is 12.4. The molecule has 0 radical (unpaired) electrons. The average molecular weight is 420 g/mol. The van der Waals surface area contributed by atoms with Gasteiger partial charge in [0.15, 0.2) is 0 Å². The van der Waals surface area contributed by atoms with Crippen LogP contribution >= 0.6 is 34.2 Å². The molecule has 1 aromatic carbocycles. The maximum Gasteiger partial charge on any atom is 0.242 e. The molecular weight excluding hydrogens is 401 g/mol. The minimum Gasteiger partial charge on any atom is -0.342 e. The quantitative estimate of drug-likeness (QED) is 0.532. The summed E-state index contributed by atoms with van der Waals surface area (Å²) in [6, 6.07) is 6.09. The van der Waals surface area contributed by atoms with Crippen molar-refractivity contribution in [1.82, 2.24) is 14.5 Å². The molecule has 0 aliphatic rings. The van der Waals surface area contributed by atoms with Gasteiger partial charge in [0.2, 0.25) is 5.91 Å². The van der Waals surface area contributed by atoms with Gasteiger partial charge >= 0.3 is 0 Å². The lowest BCUT2D eigenvalue weighted by Crippen LogP contribution is -2.33. The fraction of sp³-hybridized carbons (Fsp3) is 0.467. The third kappa shape index (κ3) is 3.69. The zero-order valence-electron chi connectivity index (χ0n) is 12.3. The summed E-state index contributed by atoms with van der Waals surface area (Å²) in [4.78, 5) is 18.8. The first-order valence-corrected chi connectivity index (χ1v) is 8.70. The molecule has 0 unspecified atom stereocenters. The summed E-state index contributed by atoms with van der Waals surface area (Å²) in [6.45, 7) is 5.77. The summed E-state index contributed by atoms with van der Waals surface area (Å²) < 4.78 is 3.13. The van der Waals surface area contributed by atoms with Gasteiger partial charge in [0.25, 0.3) is 0 Å². The summed E-state index contributed by atoms with van der Waals surface area (Å²) in [6.07, 6.45) is 0.665. The summed E-state index contributed by atoms with van der Waals surface area (Å²) in [5.74, 6) is 1.50. The molecule has 0 fully saturated rings. The van der Waals surface area contributed by atoms with Gasteiger partial charge in [-0.25, -0.2) is 4.98 Å². The fourth-order valence-electron chi connectivity index (χ4n) is 2.42. The number of nitrogens with zero attached hydrogens (tertiary/aromatic N) is 3. The number of benzene rings is 1. The Labute approximate surface area is 143 Å². The van der Waals surface area contributed by atoms with Crippen molar-refractivity contribution in [2.75, 3.05) is 19.0 Å². The van der Waals surface area contributed by atoms with Crippen LogP contribution in [0.25, 0.3) is 11.0 Å². The minimum absolute atomic E-state index is 0.119. The number of alkyl halides is 1. The van der Waals surface area contributed by atoms with Crippen LogP contribution in [0.1, 0.15) is 19.7 Å². The molecule has 1 amide bonds. The number of likely N-dealkylation sites (N-methyl/N-ethyl adjacent to an activating group) is 1. The Morgan fingerprint density at radius 1 is 1.38 bits per heavy atom. The molecule has 0 saturated carbocycles. The smallest absolute Gasteiger partial charge is 0.242 e. The van der Waals surface area contributed by atoms with E-state index in [-0.39, 0.29) is 5.91 Å². The Morgan fingerprint density at radius 2 is 2.10 bits per heavy atom. The van der Waals surface area contributed by atoms with Crippen LogP contribution in [0.2, 0.25) is 0 Å². The molecule has 4 nitrogen and oxygen atoms in total. The van der Waals surface area contributed by atoms with Crippen molar-refractivity contribution in [3.8, 4) is 0 Å². The minimum atomic E-state index is 0.119. The summed E-state index contributed by atoms with van der Waals surface area (Å²) in [5.41, 5.74) is 1.92. The van der Waals surface area contributed by atoms with Crippen LogP contribution in [0.4, 0.5) is 0 Å². The Hall–Kier alpha value is -0.820. The second kappa shape index (κ2) is 7.45. The Bertz CT molecular complexity index is 637. The fourth-order valence-corrected chi connectivity index (χ4v) is 3.06. The van der Waals surface area contributed by atoms with Crippen LogP contribution in [0, 0.1) is 3.57 Å². The number of amides is 1. The predicted octanol–water partition coefficient (Wildman–Crippen LogP) is 3.29. The highest BCUT2D eigenvalue weighted by Crippen LogP contribution is 2.20. The molecule has 21 heavy (non-hydrogen) atoms. The first kappa shape index (κ1) is 16.5. The van der Waals surface area contributed by atoms with Gasteiger partial charge < -0.3 is 9.47 Å². The van der Waals surface area contributed by atoms with Crippen LogP contribution in [0.5, 0.6) is 0 Å². The number of imidazole rings is 1. The first-order chi connectivity index (χ1) is 10.1. The lowest BCUT2D eigenvalue weighted by Gasteiger charge is -2.19. The van der Waals surface area contributed by atoms with Crippen molar-refractivity contribution in [1.29, 1.82) is 0 Å². The van der Waals surface area contributed by atoms with Gasteiger partial charge in [0.1, 0.15) is 12.4 Å². The van der Waals surface area contributed by atoms with E-state index < -0.39 is 0 Å². The number of hydrogen-bond donors (Lipinski definition) is 0. The lowest BCUT2D eigenvalue weighted by molar-refractivity contribution is -0.131. The highest BCUT2D eigenvalue weighted by Gasteiger charge is 2.16. The van der Waals surface area contributed by atoms with E-state index in [4.69, 9.17) is 11.6 Å². The molecule has 0 saturated heterocycles. The summed E-state index contributed by atoms with van der Waals surface area (Å²) >= 11 is 8.14. The van der Waals surface area contributed by atoms with E-state index in [0.717, 1.165) is 33.5 Å². The summed E-state index contributed by atoms with van der Waals surface area (Å²) in [5, 5.41) is 0. The monoisotopic (exact) mass is 419 g/mol. The van der Waals surface area contributed by atoms with Crippen molar-refractivity contribution >= 4 is 51.1 Å². The molecule has 0 atom stereocenters. The van der Waals surface area contributed by atoms with E-state index >= 15 is 0 Å². The highest BCUT2D eigenvalue weighted by atomic mass is 127. The Balaban J connectivity index is 2.40. The van der Waals surface area contributed by atoms with Crippen LogP contribution < -0.4 is 0 Å². The molecule has 0 N–H and O–H groups in total. The van der Waals surface area contributed by atoms with Crippen LogP contribution in [0.3, 0.4) is 0 Å². The number of hydrogen-bond acceptors (Lipinski definition) is 2. The highest BCUT2D eigenvalue weighted by molar-refractivity contribution is 14.1. The number of aryl methyl sites for hydroxylation is 1. The second-order valence-electron chi connectivity index (χ2n) is 4.75. The molecule has 0 spiro atoms. The molecule has 114 valence electrons. The van der Waals surface area contributed by atoms with Crippen LogP contribution in [0.15, 0.2) is 18.2 Å². The van der Waals surface area contributed by atoms with E-state index in [1.165, 1.54) is 0 Å². The number of aromatic nitrogens is 2. The van der Waals surface area contributed by atoms with Crippen molar-refractivity contribution in [3.63, 3.8) is 0 Å². The predicted molar refractivity (Wildman–Crippen MR) is 94.8 cm³/mol. The van der Waals surface area contributed by atoms with E-state index in [1.54, 1.807) is 0 Å². The van der Waals surface area contributed by atoms with Crippen LogP contribution in [-0.4, -0.2) is 39.3 Å². The lowest BCUT2D eigenvalue weighted by atomic mass is 10.3. The molecule has 0 aliphatic heterocycles. The van der Waals surface area contributed by atoms with Crippen molar-refractivity contribution in [2.24, 2.45) is 0 Å². The van der Waals surface area contributed by atoms with Crippen molar-refractivity contribution < 1.29 is 4.79 Å². The van der Waals surface area contributed by atoms with E-state index in [0.29, 0.717) is 18.8 Å². The largest absolute Gasteiger partial charge is 0.342 e. The number of carbonyl (C=O) groups is 1. The van der Waals surface area contributed by atoms with Crippen molar-refractivity contribution in [3.05, 3.63) is 27.6 Å². The number of rotatable bonds is 6. The third-order valence-electron chi connectivity index (χ3n) is 3.52. The second-order valence-corrected chi connectivity index (χ2v) is 6.38. The standard InChI is InChI=1S/C15H19ClIN3O/c1-3-19(4-2)15(21)10-20-13-6-5-11(17)9-12(13)18-14(20)7-8-16/h5-6,9H,3-4,7-8,10H2,1-2H3. The topological polar surface area (TPSA) is 38.1 Å². The van der Waals surface area contributed by atoms with Gasteiger partial charge in [0.05, 0.1) is 11.0 Å². The van der Waals surface area contributed by atoms with E-state index in [9.17, 15) is 4.79 Å². The SMILES string of the molecule is CCN(CC)C(=O)Cn1c(CCCl)nc2cc(I)ccc21. The molecule has 1 aromatic heterocycles. The maximum absolute atomic E-state index is 12.4. The molecule has 0 aliphatic carbocycles. The van der Waals surface area contributed by atoms with Gasteiger partial charge in [-0.1, -0.05) is 0 Å². The normalized spacial score (nSPS) is 11.0. The number of fused-ring (bicyclic) bond motifs is 1. The Morgan fingerprint density at radius 3 is 2.71 bits per heavy atom. The van der Waals surface area contributed by atoms with E-state index in [2.05, 4.69) is 27.6 Å². The van der Waals surface area contributed by atoms with Gasteiger partial charge in [-0.3, -0.25) is 4.79 Å². The molecular formula is C15H19ClIN3O. The summed E-state index contributed by atoms with van der Waals surface area (Å²) in [7, 11) is 0. The van der Waals surface area contributed by atoms with E-state index in [1.807, 2.05) is 41.5 Å². The van der Waals surface area contributed by atoms with Gasteiger partial charge in [0, 0.05) is 29.0 Å². The first-order valence-electron chi connectivity index (χ1n) is 7.09. The molecule has 2 rings (SSSR count). The zero-order chi connectivity index (χ0) is 15.4. The van der Waals surface area contributed by atoms with Gasteiger partial charge in [-0.05, 0) is 54.6 Å². The number of carbonyl (C=O) groups excluding carboxylic acids is 1. The molecule has 6 heteroatoms. The Kier molecular flexibility index (Phi) is 5.87. The molecule has 0 bridgehead atoms. The van der Waals surface area contributed by atoms with Crippen molar-refractivity contribution in [2.45, 2.75) is 26.8 Å². The van der Waals surface area contributed by atoms with Gasteiger partial charge in [-0.15, -0.1) is 11.6 Å². The third-order valence-corrected chi connectivity index (χ3v) is 4.38. The van der Waals surface area contributed by atoms with Crippen LogP contribution in [-0.2, 0) is 17.8 Å². The molecule has 1 heterocycles. The van der Waals surface area contributed by atoms with Gasteiger partial charge in [-0.2, -0.15) is 0 Å².